The van der Waals surface area contributed by atoms with Gasteiger partial charge in [0.05, 0.1) is 28.9 Å². The number of nitriles is 1. The average Bonchev–Trinajstić information content (AvgIpc) is 3.44. The van der Waals surface area contributed by atoms with Crippen LogP contribution in [-0.4, -0.2) is 34.9 Å². The molecule has 0 aliphatic rings. The predicted molar refractivity (Wildman–Crippen MR) is 112 cm³/mol. The van der Waals surface area contributed by atoms with Gasteiger partial charge in [-0.15, -0.1) is 0 Å². The van der Waals surface area contributed by atoms with E-state index < -0.39 is 5.41 Å². The van der Waals surface area contributed by atoms with Crippen LogP contribution in [0.15, 0.2) is 47.6 Å². The summed E-state index contributed by atoms with van der Waals surface area (Å²) in [6, 6.07) is 5.96. The molecule has 0 bridgehead atoms. The first-order valence-electron chi connectivity index (χ1n) is 9.70. The molecule has 0 spiro atoms. The molecule has 2 N–H and O–H groups in total. The van der Waals surface area contributed by atoms with Crippen LogP contribution in [0.3, 0.4) is 0 Å². The van der Waals surface area contributed by atoms with Gasteiger partial charge in [-0.3, -0.25) is 9.67 Å². The van der Waals surface area contributed by atoms with Gasteiger partial charge in [0.2, 0.25) is 5.95 Å². The van der Waals surface area contributed by atoms with Gasteiger partial charge in [0.15, 0.2) is 5.82 Å². The smallest absolute Gasteiger partial charge is 0.261 e. The van der Waals surface area contributed by atoms with Crippen LogP contribution in [0.1, 0.15) is 32.2 Å². The van der Waals surface area contributed by atoms with Gasteiger partial charge in [-0.05, 0) is 24.5 Å². The highest BCUT2D eigenvalue weighted by Gasteiger charge is 2.38. The Morgan fingerprint density at radius 2 is 1.90 bits per heavy atom. The Morgan fingerprint density at radius 3 is 2.55 bits per heavy atom. The Hall–Kier alpha value is -4.13. The maximum atomic E-state index is 8.82. The third-order valence-corrected chi connectivity index (χ3v) is 5.49. The third kappa shape index (κ3) is 3.73. The minimum absolute atomic E-state index is 0.155. The van der Waals surface area contributed by atoms with Gasteiger partial charge in [-0.1, -0.05) is 25.1 Å². The van der Waals surface area contributed by atoms with E-state index in [0.717, 1.165) is 16.8 Å². The Labute approximate surface area is 178 Å². The van der Waals surface area contributed by atoms with Crippen LogP contribution in [0.2, 0.25) is 0 Å². The van der Waals surface area contributed by atoms with Gasteiger partial charge in [-0.2, -0.15) is 15.3 Å². The summed E-state index contributed by atoms with van der Waals surface area (Å²) in [5.41, 5.74) is 8.17. The maximum Gasteiger partial charge on any atom is 0.261 e. The van der Waals surface area contributed by atoms with E-state index in [0.29, 0.717) is 17.3 Å². The predicted octanol–water partition coefficient (Wildman–Crippen LogP) is 2.85. The minimum atomic E-state index is -0.534. The number of nitrogen functional groups attached to an aromatic ring is 1. The second kappa shape index (κ2) is 7.95. The Kier molecular flexibility index (Phi) is 5.17. The number of rotatable bonds is 6. The summed E-state index contributed by atoms with van der Waals surface area (Å²) in [6.07, 6.45) is 8.41. The quantitative estimate of drug-likeness (QED) is 0.502. The van der Waals surface area contributed by atoms with Gasteiger partial charge in [0.25, 0.3) is 5.89 Å². The van der Waals surface area contributed by atoms with Gasteiger partial charge < -0.3 is 10.3 Å². The van der Waals surface area contributed by atoms with Crippen LogP contribution >= 0.6 is 0 Å². The molecule has 0 fully saturated rings. The molecule has 31 heavy (non-hydrogen) atoms. The number of aromatic nitrogens is 7. The second-order valence-corrected chi connectivity index (χ2v) is 7.63. The normalized spacial score (nSPS) is 13.1. The second-order valence-electron chi connectivity index (χ2n) is 7.63. The zero-order valence-electron chi connectivity index (χ0n) is 17.4. The molecular weight excluding hydrogens is 394 g/mol. The first-order valence-corrected chi connectivity index (χ1v) is 9.70. The molecule has 4 aromatic heterocycles. The molecule has 4 rings (SSSR count). The van der Waals surface area contributed by atoms with Crippen molar-refractivity contribution in [1.82, 2.24) is 34.9 Å². The molecule has 0 aromatic carbocycles. The van der Waals surface area contributed by atoms with Crippen molar-refractivity contribution >= 4 is 5.95 Å². The Morgan fingerprint density at radius 1 is 1.13 bits per heavy atom. The van der Waals surface area contributed by atoms with E-state index in [-0.39, 0.29) is 18.4 Å². The van der Waals surface area contributed by atoms with Crippen molar-refractivity contribution in [3.63, 3.8) is 0 Å². The van der Waals surface area contributed by atoms with Crippen molar-refractivity contribution in [2.75, 3.05) is 5.73 Å². The van der Waals surface area contributed by atoms with Crippen molar-refractivity contribution in [3.8, 4) is 28.8 Å². The summed E-state index contributed by atoms with van der Waals surface area (Å²) in [5, 5.41) is 17.2. The van der Waals surface area contributed by atoms with E-state index in [4.69, 9.17) is 15.5 Å². The number of nitrogens with two attached hydrogens (primary N) is 1. The molecule has 0 aliphatic heterocycles. The first kappa shape index (κ1) is 20.2. The lowest BCUT2D eigenvalue weighted by Gasteiger charge is -2.30. The number of hydrogen-bond acceptors (Lipinski definition) is 9. The summed E-state index contributed by atoms with van der Waals surface area (Å²) in [7, 11) is 0. The minimum Gasteiger partial charge on any atom is -0.368 e. The highest BCUT2D eigenvalue weighted by Crippen LogP contribution is 2.38. The van der Waals surface area contributed by atoms with E-state index in [1.807, 2.05) is 24.4 Å². The fraction of sp³-hybridized carbons (Fsp3) is 0.286. The molecule has 0 saturated carbocycles. The molecule has 0 radical (unpaired) electrons. The number of nitrogens with zero attached hydrogens (tertiary/aromatic N) is 8. The highest BCUT2D eigenvalue weighted by molar-refractivity contribution is 5.58. The van der Waals surface area contributed by atoms with Gasteiger partial charge in [-0.25, -0.2) is 9.97 Å². The molecule has 4 heterocycles. The first-order chi connectivity index (χ1) is 14.9. The van der Waals surface area contributed by atoms with Crippen molar-refractivity contribution in [1.29, 1.82) is 5.26 Å². The average molecular weight is 415 g/mol. The van der Waals surface area contributed by atoms with Gasteiger partial charge in [0, 0.05) is 30.4 Å². The lowest BCUT2D eigenvalue weighted by molar-refractivity contribution is 0.350. The van der Waals surface area contributed by atoms with Crippen LogP contribution in [0, 0.1) is 17.2 Å². The van der Waals surface area contributed by atoms with E-state index in [1.165, 1.54) is 4.68 Å². The molecule has 10 heteroatoms. The summed E-state index contributed by atoms with van der Waals surface area (Å²) < 4.78 is 7.04. The van der Waals surface area contributed by atoms with Gasteiger partial charge in [0.1, 0.15) is 6.54 Å². The van der Waals surface area contributed by atoms with E-state index >= 15 is 0 Å². The molecule has 4 aromatic rings. The molecule has 1 atom stereocenters. The van der Waals surface area contributed by atoms with Crippen LogP contribution < -0.4 is 5.73 Å². The largest absolute Gasteiger partial charge is 0.368 e. The molecule has 0 saturated heterocycles. The SMILES string of the molecule is CC(C)[C@](C)(c1ccc(-c2cnc(N)nc2)nc1)c1noc(-c2cnn(CC#N)c2)n1. The van der Waals surface area contributed by atoms with Gasteiger partial charge >= 0.3 is 0 Å². The third-order valence-electron chi connectivity index (χ3n) is 5.49. The number of pyridine rings is 1. The van der Waals surface area contributed by atoms with Crippen molar-refractivity contribution in [3.05, 3.63) is 54.5 Å². The summed E-state index contributed by atoms with van der Waals surface area (Å²) >= 11 is 0. The number of anilines is 1. The lowest BCUT2D eigenvalue weighted by atomic mass is 9.73. The fourth-order valence-electron chi connectivity index (χ4n) is 3.25. The summed E-state index contributed by atoms with van der Waals surface area (Å²) in [4.78, 5) is 17.3. The number of hydrogen-bond donors (Lipinski definition) is 1. The Balaban J connectivity index is 1.67. The van der Waals surface area contributed by atoms with Crippen LogP contribution in [0.5, 0.6) is 0 Å². The van der Waals surface area contributed by atoms with E-state index in [2.05, 4.69) is 51.0 Å². The molecule has 0 aliphatic carbocycles. The molecular formula is C21H21N9O. The lowest BCUT2D eigenvalue weighted by Crippen LogP contribution is -2.31. The maximum absolute atomic E-state index is 8.82. The molecule has 0 amide bonds. The van der Waals surface area contributed by atoms with Crippen molar-refractivity contribution < 1.29 is 4.52 Å². The Bertz CT molecular complexity index is 1220. The van der Waals surface area contributed by atoms with Crippen LogP contribution in [0.4, 0.5) is 5.95 Å². The molecule has 10 nitrogen and oxygen atoms in total. The standard InChI is InChI=1S/C21H21N9O/c1-13(2)21(3,16-4-5-17(24-11-16)14-8-25-20(23)26-9-14)19-28-18(31-29-19)15-10-27-30(12-15)7-6-22/h4-5,8-13H,7H2,1-3H3,(H2,23,25,26)/t21-/m1/s1. The summed E-state index contributed by atoms with van der Waals surface area (Å²) in [6.45, 7) is 6.42. The van der Waals surface area contributed by atoms with Crippen molar-refractivity contribution in [2.45, 2.75) is 32.7 Å². The van der Waals surface area contributed by atoms with Crippen LogP contribution in [0.25, 0.3) is 22.7 Å². The monoisotopic (exact) mass is 415 g/mol. The zero-order valence-corrected chi connectivity index (χ0v) is 17.4. The van der Waals surface area contributed by atoms with Crippen LogP contribution in [-0.2, 0) is 12.0 Å². The topological polar surface area (TPSA) is 145 Å². The summed E-state index contributed by atoms with van der Waals surface area (Å²) in [5.74, 6) is 1.29. The fourth-order valence-corrected chi connectivity index (χ4v) is 3.25. The molecule has 156 valence electrons. The van der Waals surface area contributed by atoms with E-state index in [1.54, 1.807) is 24.8 Å². The van der Waals surface area contributed by atoms with Crippen molar-refractivity contribution in [2.24, 2.45) is 5.92 Å². The highest BCUT2D eigenvalue weighted by atomic mass is 16.5. The zero-order chi connectivity index (χ0) is 22.0. The molecule has 0 unspecified atom stereocenters. The van der Waals surface area contributed by atoms with E-state index in [9.17, 15) is 0 Å².